The van der Waals surface area contributed by atoms with Gasteiger partial charge < -0.3 is 11.1 Å². The summed E-state index contributed by atoms with van der Waals surface area (Å²) in [6, 6.07) is 8.85. The van der Waals surface area contributed by atoms with Crippen LogP contribution >= 0.6 is 0 Å². The Morgan fingerprint density at radius 3 is 2.63 bits per heavy atom. The van der Waals surface area contributed by atoms with Gasteiger partial charge in [-0.05, 0) is 19.1 Å². The average Bonchev–Trinajstić information content (AvgIpc) is 2.44. The summed E-state index contributed by atoms with van der Waals surface area (Å²) in [6.07, 6.45) is 4.14. The molecule has 0 aromatic heterocycles. The van der Waals surface area contributed by atoms with Gasteiger partial charge in [0.1, 0.15) is 5.70 Å². The van der Waals surface area contributed by atoms with E-state index in [1.54, 1.807) is 37.4 Å². The van der Waals surface area contributed by atoms with Crippen LogP contribution in [-0.4, -0.2) is 18.5 Å². The number of nitrogens with zero attached hydrogens (tertiary/aromatic N) is 2. The van der Waals surface area contributed by atoms with Gasteiger partial charge in [0.15, 0.2) is 0 Å². The van der Waals surface area contributed by atoms with Crippen LogP contribution in [-0.2, 0) is 0 Å². The Kier molecular flexibility index (Phi) is 5.75. The SMILES string of the molecule is C=C(NC(=O)c1ccccc1)C(=C\N=C/N)/N=C\C. The molecule has 0 fully saturated rings. The molecule has 98 valence electrons. The molecule has 1 rings (SSSR count). The Morgan fingerprint density at radius 1 is 1.37 bits per heavy atom. The van der Waals surface area contributed by atoms with Gasteiger partial charge in [0, 0.05) is 11.8 Å². The minimum Gasteiger partial charge on any atom is -0.390 e. The average molecular weight is 256 g/mol. The highest BCUT2D eigenvalue weighted by molar-refractivity contribution is 5.95. The minimum atomic E-state index is -0.250. The van der Waals surface area contributed by atoms with Crippen molar-refractivity contribution < 1.29 is 4.79 Å². The van der Waals surface area contributed by atoms with Crippen LogP contribution in [0.1, 0.15) is 17.3 Å². The largest absolute Gasteiger partial charge is 0.390 e. The normalized spacial score (nSPS) is 11.9. The van der Waals surface area contributed by atoms with E-state index in [-0.39, 0.29) is 5.91 Å². The number of benzene rings is 1. The molecular formula is C14H16N4O. The molecule has 1 aromatic carbocycles. The number of rotatable bonds is 5. The first-order valence-electron chi connectivity index (χ1n) is 5.67. The lowest BCUT2D eigenvalue weighted by atomic mass is 10.2. The zero-order valence-corrected chi connectivity index (χ0v) is 10.7. The Hall–Kier alpha value is -2.69. The third-order valence-electron chi connectivity index (χ3n) is 2.16. The van der Waals surface area contributed by atoms with E-state index in [1.165, 1.54) is 6.20 Å². The van der Waals surface area contributed by atoms with Crippen molar-refractivity contribution in [3.05, 3.63) is 60.1 Å². The number of hydrogen-bond donors (Lipinski definition) is 2. The van der Waals surface area contributed by atoms with Gasteiger partial charge in [-0.1, -0.05) is 24.8 Å². The Morgan fingerprint density at radius 2 is 2.05 bits per heavy atom. The van der Waals surface area contributed by atoms with Crippen molar-refractivity contribution in [3.8, 4) is 0 Å². The fourth-order valence-electron chi connectivity index (χ4n) is 1.30. The van der Waals surface area contributed by atoms with E-state index in [0.29, 0.717) is 17.0 Å². The molecule has 0 aliphatic heterocycles. The van der Waals surface area contributed by atoms with Crippen LogP contribution in [0.5, 0.6) is 0 Å². The van der Waals surface area contributed by atoms with E-state index in [2.05, 4.69) is 21.9 Å². The molecule has 0 radical (unpaired) electrons. The van der Waals surface area contributed by atoms with Crippen molar-refractivity contribution >= 4 is 18.5 Å². The molecule has 5 nitrogen and oxygen atoms in total. The number of hydrogen-bond acceptors (Lipinski definition) is 3. The zero-order valence-electron chi connectivity index (χ0n) is 10.7. The first-order chi connectivity index (χ1) is 9.19. The van der Waals surface area contributed by atoms with E-state index in [0.717, 1.165) is 6.34 Å². The van der Waals surface area contributed by atoms with Crippen LogP contribution in [0.25, 0.3) is 0 Å². The highest BCUT2D eigenvalue weighted by atomic mass is 16.1. The topological polar surface area (TPSA) is 79.8 Å². The molecule has 3 N–H and O–H groups in total. The summed E-state index contributed by atoms with van der Waals surface area (Å²) in [7, 11) is 0. The van der Waals surface area contributed by atoms with Gasteiger partial charge in [0.2, 0.25) is 0 Å². The minimum absolute atomic E-state index is 0.250. The maximum atomic E-state index is 11.9. The van der Waals surface area contributed by atoms with Crippen molar-refractivity contribution in [1.29, 1.82) is 0 Å². The number of carbonyl (C=O) groups excluding carboxylic acids is 1. The number of aliphatic imine (C=N–C) groups is 2. The number of amides is 1. The first kappa shape index (κ1) is 14.4. The molecule has 0 saturated heterocycles. The molecule has 0 spiro atoms. The maximum absolute atomic E-state index is 11.9. The molecule has 0 unspecified atom stereocenters. The van der Waals surface area contributed by atoms with Crippen molar-refractivity contribution in [2.45, 2.75) is 6.92 Å². The fourth-order valence-corrected chi connectivity index (χ4v) is 1.30. The third kappa shape index (κ3) is 4.59. The molecule has 0 heterocycles. The summed E-state index contributed by atoms with van der Waals surface area (Å²) < 4.78 is 0. The highest BCUT2D eigenvalue weighted by Crippen LogP contribution is 2.08. The smallest absolute Gasteiger partial charge is 0.255 e. The monoisotopic (exact) mass is 256 g/mol. The second-order valence-electron chi connectivity index (χ2n) is 3.50. The molecule has 0 bridgehead atoms. The quantitative estimate of drug-likeness (QED) is 0.479. The van der Waals surface area contributed by atoms with Crippen molar-refractivity contribution in [3.63, 3.8) is 0 Å². The van der Waals surface area contributed by atoms with Gasteiger partial charge in [-0.15, -0.1) is 0 Å². The molecular weight excluding hydrogens is 240 g/mol. The van der Waals surface area contributed by atoms with Crippen molar-refractivity contribution in [2.24, 2.45) is 15.7 Å². The van der Waals surface area contributed by atoms with Gasteiger partial charge in [0.25, 0.3) is 5.91 Å². The lowest BCUT2D eigenvalue weighted by Crippen LogP contribution is -2.22. The number of carbonyl (C=O) groups is 1. The summed E-state index contributed by atoms with van der Waals surface area (Å²) in [5, 5.41) is 2.66. The number of nitrogens with two attached hydrogens (primary N) is 1. The molecule has 0 atom stereocenters. The predicted molar refractivity (Wildman–Crippen MR) is 78.0 cm³/mol. The van der Waals surface area contributed by atoms with Crippen LogP contribution in [0.15, 0.2) is 64.5 Å². The second kappa shape index (κ2) is 7.60. The van der Waals surface area contributed by atoms with Gasteiger partial charge in [-0.25, -0.2) is 4.99 Å². The molecule has 5 heteroatoms. The van der Waals surface area contributed by atoms with Crippen LogP contribution in [0.3, 0.4) is 0 Å². The Bertz CT molecular complexity index is 530. The summed E-state index contributed by atoms with van der Waals surface area (Å²) >= 11 is 0. The summed E-state index contributed by atoms with van der Waals surface area (Å²) in [6.45, 7) is 5.52. The molecule has 1 amide bonds. The van der Waals surface area contributed by atoms with Crippen LogP contribution in [0, 0.1) is 0 Å². The van der Waals surface area contributed by atoms with Crippen molar-refractivity contribution in [2.75, 3.05) is 0 Å². The first-order valence-corrected chi connectivity index (χ1v) is 5.67. The zero-order chi connectivity index (χ0) is 14.1. The van der Waals surface area contributed by atoms with E-state index in [4.69, 9.17) is 5.73 Å². The summed E-state index contributed by atoms with van der Waals surface area (Å²) in [4.78, 5) is 19.7. The van der Waals surface area contributed by atoms with Gasteiger partial charge >= 0.3 is 0 Å². The van der Waals surface area contributed by atoms with Crippen LogP contribution in [0.2, 0.25) is 0 Å². The fraction of sp³-hybridized carbons (Fsp3) is 0.0714. The molecule has 0 aliphatic rings. The van der Waals surface area contributed by atoms with E-state index >= 15 is 0 Å². The van der Waals surface area contributed by atoms with Gasteiger partial charge in [0.05, 0.1) is 18.2 Å². The standard InChI is InChI=1S/C14H16N4O/c1-3-17-13(9-16-10-15)11(2)18-14(19)12-7-5-4-6-8-12/h3-10H,2H2,1H3,(H2,15,16)(H,18,19)/b13-9+,17-3-. The number of nitrogens with one attached hydrogen (secondary N) is 1. The molecule has 0 aliphatic carbocycles. The van der Waals surface area contributed by atoms with E-state index in [1.807, 2.05) is 6.07 Å². The third-order valence-corrected chi connectivity index (χ3v) is 2.16. The highest BCUT2D eigenvalue weighted by Gasteiger charge is 2.08. The van der Waals surface area contributed by atoms with Gasteiger partial charge in [-0.2, -0.15) is 0 Å². The summed E-state index contributed by atoms with van der Waals surface area (Å²) in [5.41, 5.74) is 6.50. The molecule has 19 heavy (non-hydrogen) atoms. The Balaban J connectivity index is 2.80. The maximum Gasteiger partial charge on any atom is 0.255 e. The van der Waals surface area contributed by atoms with Crippen LogP contribution in [0.4, 0.5) is 0 Å². The van der Waals surface area contributed by atoms with E-state index < -0.39 is 0 Å². The summed E-state index contributed by atoms with van der Waals surface area (Å²) in [5.74, 6) is -0.250. The van der Waals surface area contributed by atoms with Gasteiger partial charge in [-0.3, -0.25) is 9.79 Å². The van der Waals surface area contributed by atoms with Crippen LogP contribution < -0.4 is 11.1 Å². The lowest BCUT2D eigenvalue weighted by molar-refractivity contribution is 0.0966. The molecule has 0 saturated carbocycles. The predicted octanol–water partition coefficient (Wildman–Crippen LogP) is 1.85. The Labute approximate surface area is 112 Å². The van der Waals surface area contributed by atoms with E-state index in [9.17, 15) is 4.79 Å². The molecule has 1 aromatic rings. The lowest BCUT2D eigenvalue weighted by Gasteiger charge is -2.08. The van der Waals surface area contributed by atoms with Crippen molar-refractivity contribution in [1.82, 2.24) is 5.32 Å². The second-order valence-corrected chi connectivity index (χ2v) is 3.50.